The van der Waals surface area contributed by atoms with Crippen LogP contribution in [0.5, 0.6) is 5.75 Å². The number of pyridine rings is 2. The van der Waals surface area contributed by atoms with Crippen molar-refractivity contribution in [2.45, 2.75) is 0 Å². The number of anilines is 1. The molecule has 0 saturated carbocycles. The van der Waals surface area contributed by atoms with Crippen LogP contribution in [0.15, 0.2) is 43.0 Å². The number of methoxy groups -OCH3 is 1. The second kappa shape index (κ2) is 6.48. The van der Waals surface area contributed by atoms with Crippen molar-refractivity contribution < 1.29 is 9.53 Å². The van der Waals surface area contributed by atoms with Crippen molar-refractivity contribution in [1.82, 2.24) is 15.0 Å². The third-order valence-corrected chi connectivity index (χ3v) is 4.50. The molecule has 3 heterocycles. The molecule has 0 atom stereocenters. The van der Waals surface area contributed by atoms with Crippen molar-refractivity contribution in [1.29, 1.82) is 0 Å². The maximum absolute atomic E-state index is 12.7. The fourth-order valence-electron chi connectivity index (χ4n) is 2.88. The molecule has 0 radical (unpaired) electrons. The number of carbonyl (C=O) groups is 1. The second-order valence-electron chi connectivity index (χ2n) is 5.58. The van der Waals surface area contributed by atoms with Crippen LogP contribution in [0.1, 0.15) is 10.4 Å². The summed E-state index contributed by atoms with van der Waals surface area (Å²) in [7, 11) is 1.49. The first-order chi connectivity index (χ1) is 12.6. The Bertz CT molecular complexity index is 1160. The molecule has 8 heteroatoms. The van der Waals surface area contributed by atoms with Gasteiger partial charge in [-0.2, -0.15) is 0 Å². The molecule has 2 N–H and O–H groups in total. The van der Waals surface area contributed by atoms with Crippen molar-refractivity contribution in [3.63, 3.8) is 0 Å². The summed E-state index contributed by atoms with van der Waals surface area (Å²) < 4.78 is 5.42. The number of H-pyrrole nitrogens is 1. The van der Waals surface area contributed by atoms with Crippen molar-refractivity contribution in [2.24, 2.45) is 0 Å². The Morgan fingerprint density at radius 2 is 2.00 bits per heavy atom. The van der Waals surface area contributed by atoms with E-state index in [4.69, 9.17) is 27.9 Å². The molecule has 0 aliphatic carbocycles. The van der Waals surface area contributed by atoms with E-state index in [0.717, 1.165) is 16.3 Å². The molecule has 26 heavy (non-hydrogen) atoms. The first kappa shape index (κ1) is 16.6. The van der Waals surface area contributed by atoms with Gasteiger partial charge in [-0.05, 0) is 18.2 Å². The van der Waals surface area contributed by atoms with Crippen molar-refractivity contribution in [3.05, 3.63) is 58.6 Å². The number of benzene rings is 1. The maximum atomic E-state index is 12.7. The normalized spacial score (nSPS) is 11.0. The monoisotopic (exact) mass is 386 g/mol. The topological polar surface area (TPSA) is 79.9 Å². The highest BCUT2D eigenvalue weighted by molar-refractivity contribution is 6.35. The Kier molecular flexibility index (Phi) is 4.14. The predicted molar refractivity (Wildman–Crippen MR) is 102 cm³/mol. The van der Waals surface area contributed by atoms with Crippen LogP contribution in [-0.2, 0) is 0 Å². The Hall–Kier alpha value is -2.83. The van der Waals surface area contributed by atoms with E-state index in [1.54, 1.807) is 18.5 Å². The zero-order valence-corrected chi connectivity index (χ0v) is 15.0. The van der Waals surface area contributed by atoms with E-state index < -0.39 is 0 Å². The minimum absolute atomic E-state index is 0.324. The molecule has 0 aliphatic rings. The summed E-state index contributed by atoms with van der Waals surface area (Å²) in [6, 6.07) is 5.21. The molecule has 4 rings (SSSR count). The number of hydrogen-bond donors (Lipinski definition) is 2. The van der Waals surface area contributed by atoms with Crippen LogP contribution in [-0.4, -0.2) is 28.0 Å². The van der Waals surface area contributed by atoms with E-state index in [9.17, 15) is 4.79 Å². The average molecular weight is 387 g/mol. The van der Waals surface area contributed by atoms with Crippen LogP contribution in [0.4, 0.5) is 5.69 Å². The van der Waals surface area contributed by atoms with E-state index >= 15 is 0 Å². The van der Waals surface area contributed by atoms with Gasteiger partial charge in [0.25, 0.3) is 5.91 Å². The largest absolute Gasteiger partial charge is 0.493 e. The van der Waals surface area contributed by atoms with E-state index in [1.165, 1.54) is 25.6 Å². The predicted octanol–water partition coefficient (Wildman–Crippen LogP) is 4.68. The number of carbonyl (C=O) groups excluding carboxylic acids is 1. The molecule has 0 unspecified atom stereocenters. The summed E-state index contributed by atoms with van der Waals surface area (Å²) in [5.74, 6) is -0.0133. The minimum Gasteiger partial charge on any atom is -0.493 e. The SMILES string of the molecule is COc1c(Cl)cc2c([nH]c3cnccc32)c1NC(=O)c1cncc(Cl)c1. The molecule has 3 aromatic heterocycles. The van der Waals surface area contributed by atoms with Crippen LogP contribution in [0, 0.1) is 0 Å². The van der Waals surface area contributed by atoms with Gasteiger partial charge in [0.1, 0.15) is 5.69 Å². The van der Waals surface area contributed by atoms with Gasteiger partial charge in [-0.3, -0.25) is 14.8 Å². The number of hydrogen-bond acceptors (Lipinski definition) is 4. The summed E-state index contributed by atoms with van der Waals surface area (Å²) in [5.41, 5.74) is 2.28. The van der Waals surface area contributed by atoms with Crippen molar-refractivity contribution >= 4 is 56.6 Å². The van der Waals surface area contributed by atoms with Gasteiger partial charge < -0.3 is 15.0 Å². The molecule has 4 aromatic rings. The summed E-state index contributed by atoms with van der Waals surface area (Å²) in [6.45, 7) is 0. The number of fused-ring (bicyclic) bond motifs is 3. The molecule has 6 nitrogen and oxygen atoms in total. The number of nitrogens with zero attached hydrogens (tertiary/aromatic N) is 2. The number of halogens is 2. The van der Waals surface area contributed by atoms with Crippen LogP contribution in [0.25, 0.3) is 21.8 Å². The van der Waals surface area contributed by atoms with Crippen LogP contribution in [0.2, 0.25) is 10.0 Å². The minimum atomic E-state index is -0.376. The van der Waals surface area contributed by atoms with Gasteiger partial charge in [-0.15, -0.1) is 0 Å². The zero-order valence-electron chi connectivity index (χ0n) is 13.5. The van der Waals surface area contributed by atoms with Gasteiger partial charge in [0.05, 0.1) is 39.9 Å². The standard InChI is InChI=1S/C18H12Cl2N4O2/c1-26-17-13(20)5-12-11-2-3-21-8-14(11)23-15(12)16(17)24-18(25)9-4-10(19)7-22-6-9/h2-8,23H,1H3,(H,24,25). The first-order valence-corrected chi connectivity index (χ1v) is 8.38. The van der Waals surface area contributed by atoms with E-state index in [2.05, 4.69) is 20.3 Å². The van der Waals surface area contributed by atoms with Crippen LogP contribution in [0.3, 0.4) is 0 Å². The lowest BCUT2D eigenvalue weighted by atomic mass is 10.1. The average Bonchev–Trinajstić information content (AvgIpc) is 3.00. The quantitative estimate of drug-likeness (QED) is 0.535. The molecular weight excluding hydrogens is 375 g/mol. The number of aromatic amines is 1. The summed E-state index contributed by atoms with van der Waals surface area (Å²) >= 11 is 12.3. The summed E-state index contributed by atoms with van der Waals surface area (Å²) in [5, 5.41) is 5.41. The summed E-state index contributed by atoms with van der Waals surface area (Å²) in [6.07, 6.45) is 6.30. The molecule has 1 aromatic carbocycles. The third kappa shape index (κ3) is 2.73. The van der Waals surface area contributed by atoms with E-state index in [-0.39, 0.29) is 5.91 Å². The maximum Gasteiger partial charge on any atom is 0.257 e. The molecule has 0 bridgehead atoms. The molecule has 0 aliphatic heterocycles. The number of aromatic nitrogens is 3. The Balaban J connectivity index is 1.91. The molecule has 0 spiro atoms. The lowest BCUT2D eigenvalue weighted by Gasteiger charge is -2.13. The van der Waals surface area contributed by atoms with Gasteiger partial charge >= 0.3 is 0 Å². The highest BCUT2D eigenvalue weighted by atomic mass is 35.5. The van der Waals surface area contributed by atoms with Crippen LogP contribution >= 0.6 is 23.2 Å². The van der Waals surface area contributed by atoms with Gasteiger partial charge in [0, 0.05) is 29.4 Å². The van der Waals surface area contributed by atoms with Gasteiger partial charge in [-0.1, -0.05) is 23.2 Å². The number of ether oxygens (including phenoxy) is 1. The summed E-state index contributed by atoms with van der Waals surface area (Å²) in [4.78, 5) is 24.0. The second-order valence-corrected chi connectivity index (χ2v) is 6.43. The van der Waals surface area contributed by atoms with Gasteiger partial charge in [0.2, 0.25) is 0 Å². The lowest BCUT2D eigenvalue weighted by Crippen LogP contribution is -2.13. The van der Waals surface area contributed by atoms with Gasteiger partial charge in [0.15, 0.2) is 5.75 Å². The molecular formula is C18H12Cl2N4O2. The zero-order chi connectivity index (χ0) is 18.3. The Morgan fingerprint density at radius 3 is 2.77 bits per heavy atom. The highest BCUT2D eigenvalue weighted by Crippen LogP contribution is 2.42. The molecule has 0 saturated heterocycles. The number of amides is 1. The van der Waals surface area contributed by atoms with Crippen LogP contribution < -0.4 is 10.1 Å². The Morgan fingerprint density at radius 1 is 1.15 bits per heavy atom. The molecule has 1 amide bonds. The highest BCUT2D eigenvalue weighted by Gasteiger charge is 2.19. The van der Waals surface area contributed by atoms with Crippen molar-refractivity contribution in [3.8, 4) is 5.75 Å². The number of nitrogens with one attached hydrogen (secondary N) is 2. The Labute approximate surface area is 158 Å². The van der Waals surface area contributed by atoms with Gasteiger partial charge in [-0.25, -0.2) is 0 Å². The number of rotatable bonds is 3. The fraction of sp³-hybridized carbons (Fsp3) is 0.0556. The lowest BCUT2D eigenvalue weighted by molar-refractivity contribution is 0.102. The molecule has 130 valence electrons. The fourth-order valence-corrected chi connectivity index (χ4v) is 3.33. The smallest absolute Gasteiger partial charge is 0.257 e. The molecule has 0 fully saturated rings. The third-order valence-electron chi connectivity index (χ3n) is 4.02. The van der Waals surface area contributed by atoms with E-state index in [1.807, 2.05) is 6.07 Å². The van der Waals surface area contributed by atoms with Crippen molar-refractivity contribution in [2.75, 3.05) is 12.4 Å². The van der Waals surface area contributed by atoms with E-state index in [0.29, 0.717) is 32.6 Å². The first-order valence-electron chi connectivity index (χ1n) is 7.62.